The molecule has 1 N–H and O–H groups in total. The Morgan fingerprint density at radius 3 is 1.44 bits per heavy atom. The number of alkyl halides is 14. The van der Waals surface area contributed by atoms with Gasteiger partial charge in [0.1, 0.15) is 0 Å². The Morgan fingerprint density at radius 1 is 0.630 bits per heavy atom. The van der Waals surface area contributed by atoms with Gasteiger partial charge in [0.05, 0.1) is 6.10 Å². The van der Waals surface area contributed by atoms with Gasteiger partial charge in [-0.15, -0.1) is 0 Å². The molecule has 162 valence electrons. The van der Waals surface area contributed by atoms with Crippen LogP contribution in [0.25, 0.3) is 0 Å². The minimum absolute atomic E-state index is 0.218. The van der Waals surface area contributed by atoms with Crippen LogP contribution in [0.5, 0.6) is 0 Å². The molecule has 0 aromatic carbocycles. The van der Waals surface area contributed by atoms with Crippen molar-refractivity contribution < 1.29 is 62.2 Å². The molecule has 0 aliphatic heterocycles. The van der Waals surface area contributed by atoms with Crippen LogP contribution in [0.3, 0.4) is 0 Å². The summed E-state index contributed by atoms with van der Waals surface area (Å²) >= 11 is 0.964. The average molecular weight is 544 g/mol. The molecule has 1 saturated carbocycles. The summed E-state index contributed by atoms with van der Waals surface area (Å²) < 4.78 is 168. The molecule has 1 rings (SSSR count). The molecule has 0 radical (unpaired) electrons. The topological polar surface area (TPSA) is 20.2 Å². The molecule has 0 spiro atoms. The summed E-state index contributed by atoms with van der Waals surface area (Å²) in [6.45, 7) is 0. The van der Waals surface area contributed by atoms with E-state index in [0.29, 0.717) is 0 Å². The van der Waals surface area contributed by atoms with E-state index in [2.05, 4.69) is 0 Å². The first-order valence-electron chi connectivity index (χ1n) is 6.96. The highest BCUT2D eigenvalue weighted by Crippen LogP contribution is 2.62. The van der Waals surface area contributed by atoms with Crippen molar-refractivity contribution in [2.75, 3.05) is 0 Å². The standard InChI is InChI=1S/C12H10F13IO/c13-7(14,4-2-1-3-5(27)6(4)26)8(15,16)9(17,18)10(19,20)11(21,22)12(23,24)25/h4-6,27H,1-3H2. The zero-order valence-corrected chi connectivity index (χ0v) is 14.7. The van der Waals surface area contributed by atoms with Crippen LogP contribution < -0.4 is 0 Å². The van der Waals surface area contributed by atoms with Gasteiger partial charge in [-0.3, -0.25) is 0 Å². The summed E-state index contributed by atoms with van der Waals surface area (Å²) in [5.74, 6) is -39.7. The molecule has 27 heavy (non-hydrogen) atoms. The Labute approximate surface area is 156 Å². The summed E-state index contributed by atoms with van der Waals surface area (Å²) in [6.07, 6.45) is -10.8. The molecule has 15 heteroatoms. The maximum Gasteiger partial charge on any atom is 0.460 e. The largest absolute Gasteiger partial charge is 0.460 e. The SMILES string of the molecule is OC1CCCC(C(F)(F)C(F)(F)C(F)(F)C(F)(F)C(F)(F)C(F)(F)F)C1I. The van der Waals surface area contributed by atoms with Crippen molar-refractivity contribution in [2.45, 2.75) is 65.1 Å². The fourth-order valence-corrected chi connectivity index (χ4v) is 3.70. The Hall–Kier alpha value is -0.220. The number of hydrogen-bond acceptors (Lipinski definition) is 1. The maximum absolute atomic E-state index is 14.0. The Kier molecular flexibility index (Phi) is 6.37. The molecular weight excluding hydrogens is 534 g/mol. The second-order valence-corrected chi connectivity index (χ2v) is 7.41. The van der Waals surface area contributed by atoms with Gasteiger partial charge in [-0.1, -0.05) is 29.0 Å². The molecule has 1 aliphatic rings. The van der Waals surface area contributed by atoms with E-state index in [0.717, 1.165) is 22.6 Å². The predicted molar refractivity (Wildman–Crippen MR) is 71.9 cm³/mol. The molecule has 1 fully saturated rings. The number of rotatable bonds is 5. The highest BCUT2D eigenvalue weighted by atomic mass is 127. The summed E-state index contributed by atoms with van der Waals surface area (Å²) in [5.41, 5.74) is 0. The van der Waals surface area contributed by atoms with Crippen LogP contribution in [0.15, 0.2) is 0 Å². The number of aliphatic hydroxyl groups excluding tert-OH is 1. The van der Waals surface area contributed by atoms with Gasteiger partial charge >= 0.3 is 35.8 Å². The fraction of sp³-hybridized carbons (Fsp3) is 1.00. The second-order valence-electron chi connectivity index (χ2n) is 5.97. The van der Waals surface area contributed by atoms with Gasteiger partial charge in [-0.25, -0.2) is 0 Å². The molecular formula is C12H10F13IO. The van der Waals surface area contributed by atoms with Gasteiger partial charge in [0.15, 0.2) is 0 Å². The van der Waals surface area contributed by atoms with Gasteiger partial charge in [-0.05, 0) is 12.8 Å². The lowest BCUT2D eigenvalue weighted by atomic mass is 9.78. The van der Waals surface area contributed by atoms with Gasteiger partial charge < -0.3 is 5.11 Å². The molecule has 1 nitrogen and oxygen atoms in total. The minimum atomic E-state index is -7.89. The lowest BCUT2D eigenvalue weighted by molar-refractivity contribution is -0.443. The van der Waals surface area contributed by atoms with Crippen molar-refractivity contribution in [1.82, 2.24) is 0 Å². The van der Waals surface area contributed by atoms with Crippen LogP contribution in [0.4, 0.5) is 57.1 Å². The first kappa shape index (κ1) is 24.8. The number of aliphatic hydroxyl groups is 1. The summed E-state index contributed by atoms with van der Waals surface area (Å²) in [7, 11) is 0. The highest BCUT2D eigenvalue weighted by Gasteiger charge is 2.91. The Bertz CT molecular complexity index is 544. The van der Waals surface area contributed by atoms with Crippen molar-refractivity contribution in [1.29, 1.82) is 0 Å². The van der Waals surface area contributed by atoms with Gasteiger partial charge in [0.2, 0.25) is 0 Å². The van der Waals surface area contributed by atoms with E-state index in [1.54, 1.807) is 0 Å². The molecule has 3 atom stereocenters. The van der Waals surface area contributed by atoms with E-state index < -0.39 is 64.6 Å². The smallest absolute Gasteiger partial charge is 0.392 e. The summed E-state index contributed by atoms with van der Waals surface area (Å²) in [5, 5.41) is 9.39. The van der Waals surface area contributed by atoms with Crippen LogP contribution in [-0.2, 0) is 0 Å². The Morgan fingerprint density at radius 2 is 1.04 bits per heavy atom. The zero-order chi connectivity index (χ0) is 21.9. The van der Waals surface area contributed by atoms with E-state index in [9.17, 15) is 62.2 Å². The molecule has 0 heterocycles. The van der Waals surface area contributed by atoms with Crippen LogP contribution in [0, 0.1) is 5.92 Å². The molecule has 0 aromatic rings. The van der Waals surface area contributed by atoms with Gasteiger partial charge in [0.25, 0.3) is 0 Å². The molecule has 0 saturated heterocycles. The third-order valence-corrected chi connectivity index (χ3v) is 5.89. The van der Waals surface area contributed by atoms with E-state index in [1.807, 2.05) is 0 Å². The Balaban J connectivity index is 3.45. The normalized spacial score (nSPS) is 27.0. The lowest BCUT2D eigenvalue weighted by Crippen LogP contribution is -2.71. The number of hydrogen-bond donors (Lipinski definition) is 1. The van der Waals surface area contributed by atoms with E-state index in [-0.39, 0.29) is 6.42 Å². The first-order chi connectivity index (χ1) is 11.7. The molecule has 3 unspecified atom stereocenters. The summed E-state index contributed by atoms with van der Waals surface area (Å²) in [4.78, 5) is 0. The van der Waals surface area contributed by atoms with Crippen LogP contribution in [0.2, 0.25) is 0 Å². The lowest BCUT2D eigenvalue weighted by Gasteiger charge is -2.44. The quantitative estimate of drug-likeness (QED) is 0.268. The van der Waals surface area contributed by atoms with Gasteiger partial charge in [0, 0.05) is 9.84 Å². The molecule has 0 amide bonds. The van der Waals surface area contributed by atoms with Crippen molar-refractivity contribution in [3.63, 3.8) is 0 Å². The first-order valence-corrected chi connectivity index (χ1v) is 8.20. The maximum atomic E-state index is 14.0. The third-order valence-electron chi connectivity index (χ3n) is 4.19. The average Bonchev–Trinajstić information content (AvgIpc) is 2.47. The van der Waals surface area contributed by atoms with Crippen LogP contribution in [0.1, 0.15) is 19.3 Å². The van der Waals surface area contributed by atoms with Crippen molar-refractivity contribution in [2.24, 2.45) is 5.92 Å². The monoisotopic (exact) mass is 544 g/mol. The van der Waals surface area contributed by atoms with Crippen molar-refractivity contribution >= 4 is 22.6 Å². The fourth-order valence-electron chi connectivity index (χ4n) is 2.53. The predicted octanol–water partition coefficient (Wildman–Crippen LogP) is 5.69. The highest BCUT2D eigenvalue weighted by molar-refractivity contribution is 14.1. The van der Waals surface area contributed by atoms with E-state index >= 15 is 0 Å². The molecule has 0 bridgehead atoms. The third kappa shape index (κ3) is 3.47. The summed E-state index contributed by atoms with van der Waals surface area (Å²) in [6, 6.07) is 0. The van der Waals surface area contributed by atoms with E-state index in [1.165, 1.54) is 0 Å². The van der Waals surface area contributed by atoms with Crippen LogP contribution >= 0.6 is 22.6 Å². The minimum Gasteiger partial charge on any atom is -0.392 e. The van der Waals surface area contributed by atoms with Crippen molar-refractivity contribution in [3.05, 3.63) is 0 Å². The van der Waals surface area contributed by atoms with E-state index in [4.69, 9.17) is 0 Å². The van der Waals surface area contributed by atoms with Crippen molar-refractivity contribution in [3.8, 4) is 0 Å². The molecule has 0 aromatic heterocycles. The zero-order valence-electron chi connectivity index (χ0n) is 12.6. The number of halogens is 14. The van der Waals surface area contributed by atoms with Crippen LogP contribution in [-0.4, -0.2) is 50.9 Å². The second kappa shape index (κ2) is 6.93. The van der Waals surface area contributed by atoms with Gasteiger partial charge in [-0.2, -0.15) is 57.1 Å². The molecule has 1 aliphatic carbocycles.